The number of hydrogen-bond donors (Lipinski definition) is 1. The minimum Gasteiger partial charge on any atom is -0.350 e. The predicted octanol–water partition coefficient (Wildman–Crippen LogP) is 2.61. The van der Waals surface area contributed by atoms with Crippen molar-refractivity contribution in [2.24, 2.45) is 5.92 Å². The molecule has 1 aliphatic rings. The van der Waals surface area contributed by atoms with Gasteiger partial charge in [-0.2, -0.15) is 11.3 Å². The minimum absolute atomic E-state index is 0.0215. The first-order chi connectivity index (χ1) is 13.5. The quantitative estimate of drug-likeness (QED) is 0.720. The number of carbonyl (C=O) groups is 2. The molecule has 28 heavy (non-hydrogen) atoms. The lowest BCUT2D eigenvalue weighted by molar-refractivity contribution is -0.126. The number of rotatable bonds is 5. The number of anilines is 1. The third-order valence-corrected chi connectivity index (χ3v) is 5.72. The van der Waals surface area contributed by atoms with E-state index in [0.29, 0.717) is 12.2 Å². The highest BCUT2D eigenvalue weighted by Crippen LogP contribution is 2.27. The van der Waals surface area contributed by atoms with E-state index in [9.17, 15) is 9.59 Å². The van der Waals surface area contributed by atoms with Gasteiger partial charge in [0.05, 0.1) is 24.3 Å². The maximum Gasteiger partial charge on any atom is 0.227 e. The molecule has 0 radical (unpaired) electrons. The minimum atomic E-state index is -0.360. The zero-order valence-corrected chi connectivity index (χ0v) is 16.6. The van der Waals surface area contributed by atoms with Gasteiger partial charge in [0.15, 0.2) is 0 Å². The average Bonchev–Trinajstić information content (AvgIpc) is 3.42. The fourth-order valence-electron chi connectivity index (χ4n) is 3.24. The normalized spacial score (nSPS) is 16.6. The number of amides is 2. The van der Waals surface area contributed by atoms with E-state index in [1.807, 2.05) is 48.9 Å². The molecular formula is C20H21N5O2S. The van der Waals surface area contributed by atoms with Crippen LogP contribution in [-0.2, 0) is 16.1 Å². The molecule has 0 bridgehead atoms. The lowest BCUT2D eigenvalue weighted by Crippen LogP contribution is -2.32. The van der Waals surface area contributed by atoms with Gasteiger partial charge in [-0.1, -0.05) is 11.3 Å². The largest absolute Gasteiger partial charge is 0.350 e. The molecule has 1 fully saturated rings. The molecule has 0 saturated carbocycles. The molecule has 8 heteroatoms. The first-order valence-electron chi connectivity index (χ1n) is 9.10. The Morgan fingerprint density at radius 3 is 2.86 bits per heavy atom. The maximum absolute atomic E-state index is 12.6. The van der Waals surface area contributed by atoms with Crippen molar-refractivity contribution < 1.29 is 9.59 Å². The Balaban J connectivity index is 1.36. The summed E-state index contributed by atoms with van der Waals surface area (Å²) in [6.07, 6.45) is 2.02. The lowest BCUT2D eigenvalue weighted by atomic mass is 10.1. The second-order valence-corrected chi connectivity index (χ2v) is 7.81. The third kappa shape index (κ3) is 3.68. The molecule has 1 aromatic carbocycles. The summed E-state index contributed by atoms with van der Waals surface area (Å²) in [4.78, 5) is 26.7. The van der Waals surface area contributed by atoms with Gasteiger partial charge in [0.25, 0.3) is 0 Å². The first-order valence-corrected chi connectivity index (χ1v) is 10.0. The van der Waals surface area contributed by atoms with Crippen molar-refractivity contribution in [1.82, 2.24) is 20.3 Å². The highest BCUT2D eigenvalue weighted by molar-refractivity contribution is 7.08. The number of thiophene rings is 1. The standard InChI is InChI=1S/C20H21N5O2S/c1-13-3-4-17(7-14(13)2)24-10-15(8-19(24)26)20(27)21-9-16-11-25(23-22-16)18-5-6-28-12-18/h3-7,11-12,15H,8-10H2,1-2H3,(H,21,27)/t15-/m1/s1. The highest BCUT2D eigenvalue weighted by atomic mass is 32.1. The van der Waals surface area contributed by atoms with Crippen molar-refractivity contribution in [3.8, 4) is 5.69 Å². The number of hydrogen-bond acceptors (Lipinski definition) is 5. The molecule has 1 aliphatic heterocycles. The Labute approximate surface area is 167 Å². The van der Waals surface area contributed by atoms with Crippen LogP contribution in [0.25, 0.3) is 5.69 Å². The first kappa shape index (κ1) is 18.4. The molecule has 4 rings (SSSR count). The smallest absolute Gasteiger partial charge is 0.227 e. The van der Waals surface area contributed by atoms with Crippen molar-refractivity contribution in [1.29, 1.82) is 0 Å². The summed E-state index contributed by atoms with van der Waals surface area (Å²) in [6, 6.07) is 7.88. The highest BCUT2D eigenvalue weighted by Gasteiger charge is 2.35. The molecule has 1 saturated heterocycles. The van der Waals surface area contributed by atoms with E-state index in [2.05, 4.69) is 15.6 Å². The summed E-state index contributed by atoms with van der Waals surface area (Å²) in [6.45, 7) is 4.74. The van der Waals surface area contributed by atoms with E-state index >= 15 is 0 Å². The summed E-state index contributed by atoms with van der Waals surface area (Å²) in [5, 5.41) is 15.0. The monoisotopic (exact) mass is 395 g/mol. The Morgan fingerprint density at radius 1 is 1.25 bits per heavy atom. The fourth-order valence-corrected chi connectivity index (χ4v) is 3.86. The topological polar surface area (TPSA) is 80.1 Å². The van der Waals surface area contributed by atoms with Crippen LogP contribution in [-0.4, -0.2) is 33.4 Å². The summed E-state index contributed by atoms with van der Waals surface area (Å²) in [5.74, 6) is -0.516. The van der Waals surface area contributed by atoms with Crippen molar-refractivity contribution in [3.05, 3.63) is 58.0 Å². The van der Waals surface area contributed by atoms with Crippen LogP contribution >= 0.6 is 11.3 Å². The van der Waals surface area contributed by atoms with Gasteiger partial charge in [-0.15, -0.1) is 5.10 Å². The van der Waals surface area contributed by atoms with Crippen LogP contribution in [0.5, 0.6) is 0 Å². The van der Waals surface area contributed by atoms with Gasteiger partial charge in [-0.25, -0.2) is 4.68 Å². The molecule has 144 valence electrons. The van der Waals surface area contributed by atoms with E-state index in [1.165, 1.54) is 5.56 Å². The number of benzene rings is 1. The molecule has 1 atom stereocenters. The van der Waals surface area contributed by atoms with Crippen molar-refractivity contribution in [3.63, 3.8) is 0 Å². The van der Waals surface area contributed by atoms with Crippen molar-refractivity contribution in [2.45, 2.75) is 26.8 Å². The van der Waals surface area contributed by atoms with Crippen molar-refractivity contribution >= 4 is 28.8 Å². The Kier molecular flexibility index (Phi) is 4.95. The van der Waals surface area contributed by atoms with E-state index < -0.39 is 0 Å². The summed E-state index contributed by atoms with van der Waals surface area (Å²) < 4.78 is 1.68. The lowest BCUT2D eigenvalue weighted by Gasteiger charge is -2.18. The Morgan fingerprint density at radius 2 is 2.11 bits per heavy atom. The van der Waals surface area contributed by atoms with Crippen LogP contribution in [0.4, 0.5) is 5.69 Å². The van der Waals surface area contributed by atoms with Gasteiger partial charge >= 0.3 is 0 Å². The van der Waals surface area contributed by atoms with E-state index in [4.69, 9.17) is 0 Å². The number of carbonyl (C=O) groups excluding carboxylic acids is 2. The number of aryl methyl sites for hydroxylation is 2. The molecule has 1 N–H and O–H groups in total. The predicted molar refractivity (Wildman–Crippen MR) is 107 cm³/mol. The van der Waals surface area contributed by atoms with Gasteiger partial charge < -0.3 is 10.2 Å². The second-order valence-electron chi connectivity index (χ2n) is 7.03. The molecule has 0 unspecified atom stereocenters. The van der Waals surface area contributed by atoms with E-state index in [0.717, 1.165) is 16.9 Å². The Bertz CT molecular complexity index is 1010. The summed E-state index contributed by atoms with van der Waals surface area (Å²) >= 11 is 1.58. The van der Waals surface area contributed by atoms with Gasteiger partial charge in [0.1, 0.15) is 5.69 Å². The SMILES string of the molecule is Cc1ccc(N2C[C@H](C(=O)NCc3cn(-c4ccsc4)nn3)CC2=O)cc1C. The van der Waals surface area contributed by atoms with Gasteiger partial charge in [-0.05, 0) is 48.6 Å². The van der Waals surface area contributed by atoms with Crippen LogP contribution in [0, 0.1) is 19.8 Å². The van der Waals surface area contributed by atoms with Crippen LogP contribution in [0.3, 0.4) is 0 Å². The Hall–Kier alpha value is -3.00. The molecule has 3 aromatic rings. The second kappa shape index (κ2) is 7.55. The van der Waals surface area contributed by atoms with Crippen molar-refractivity contribution in [2.75, 3.05) is 11.4 Å². The van der Waals surface area contributed by atoms with Crippen LogP contribution in [0.2, 0.25) is 0 Å². The number of nitrogens with one attached hydrogen (secondary N) is 1. The molecule has 0 aliphatic carbocycles. The van der Waals surface area contributed by atoms with Crippen LogP contribution in [0.1, 0.15) is 23.2 Å². The van der Waals surface area contributed by atoms with Gasteiger partial charge in [0, 0.05) is 24.0 Å². The third-order valence-electron chi connectivity index (χ3n) is 5.05. The molecule has 0 spiro atoms. The van der Waals surface area contributed by atoms with Gasteiger partial charge in [0.2, 0.25) is 11.8 Å². The van der Waals surface area contributed by atoms with Gasteiger partial charge in [-0.3, -0.25) is 9.59 Å². The zero-order valence-electron chi connectivity index (χ0n) is 15.8. The van der Waals surface area contributed by atoms with Crippen LogP contribution in [0.15, 0.2) is 41.2 Å². The molecule has 2 aromatic heterocycles. The molecule has 7 nitrogen and oxygen atoms in total. The summed E-state index contributed by atoms with van der Waals surface area (Å²) in [7, 11) is 0. The average molecular weight is 395 g/mol. The van der Waals surface area contributed by atoms with E-state index in [1.54, 1.807) is 27.1 Å². The molecule has 2 amide bonds. The van der Waals surface area contributed by atoms with Crippen LogP contribution < -0.4 is 10.2 Å². The van der Waals surface area contributed by atoms with E-state index in [-0.39, 0.29) is 30.7 Å². The number of aromatic nitrogens is 3. The molecular weight excluding hydrogens is 374 g/mol. The molecule has 3 heterocycles. The summed E-state index contributed by atoms with van der Waals surface area (Å²) in [5.41, 5.74) is 4.78. The maximum atomic E-state index is 12.6. The zero-order chi connectivity index (χ0) is 19.7. The number of nitrogens with zero attached hydrogens (tertiary/aromatic N) is 4. The fraction of sp³-hybridized carbons (Fsp3) is 0.300.